The van der Waals surface area contributed by atoms with Crippen LogP contribution in [-0.4, -0.2) is 23.6 Å². The van der Waals surface area contributed by atoms with Crippen molar-refractivity contribution in [1.29, 1.82) is 5.26 Å². The highest BCUT2D eigenvalue weighted by atomic mass is 32.2. The van der Waals surface area contributed by atoms with Crippen LogP contribution >= 0.6 is 0 Å². The molecule has 1 aromatic heterocycles. The summed E-state index contributed by atoms with van der Waals surface area (Å²) in [7, 11) is -3.75. The molecule has 0 saturated carbocycles. The summed E-state index contributed by atoms with van der Waals surface area (Å²) in [6, 6.07) is 6.25. The lowest BCUT2D eigenvalue weighted by molar-refractivity contribution is 0.600. The third-order valence-electron chi connectivity index (χ3n) is 2.45. The molecule has 0 spiro atoms. The number of sulfonamides is 1. The largest absolute Gasteiger partial charge is 0.264 e. The highest BCUT2D eigenvalue weighted by Gasteiger charge is 2.17. The zero-order valence-electron chi connectivity index (χ0n) is 10.3. The Morgan fingerprint density at radius 2 is 2.11 bits per heavy atom. The minimum absolute atomic E-state index is 0.0143. The van der Waals surface area contributed by atoms with Crippen molar-refractivity contribution in [2.24, 2.45) is 0 Å². The minimum Gasteiger partial charge on any atom is -0.261 e. The molecule has 0 atom stereocenters. The van der Waals surface area contributed by atoms with Crippen LogP contribution in [0.1, 0.15) is 17.0 Å². The van der Waals surface area contributed by atoms with Crippen LogP contribution in [0.15, 0.2) is 23.1 Å². The number of hydrogen-bond donors (Lipinski definition) is 2. The first-order chi connectivity index (χ1) is 8.92. The number of H-pyrrole nitrogens is 1. The van der Waals surface area contributed by atoms with E-state index in [1.165, 1.54) is 18.2 Å². The highest BCUT2D eigenvalue weighted by Crippen LogP contribution is 2.17. The number of anilines is 1. The number of aryl methyl sites for hydroxylation is 2. The number of hydrogen-bond acceptors (Lipinski definition) is 5. The predicted octanol–water partition coefficient (Wildman–Crippen LogP) is 1.09. The van der Waals surface area contributed by atoms with Crippen LogP contribution in [0.2, 0.25) is 0 Å². The number of aromatic nitrogens is 3. The van der Waals surface area contributed by atoms with Gasteiger partial charge in [0.15, 0.2) is 0 Å². The molecule has 1 heterocycles. The summed E-state index contributed by atoms with van der Waals surface area (Å²) in [5, 5.41) is 15.1. The molecule has 0 saturated heterocycles. The Balaban J connectivity index is 2.35. The Kier molecular flexibility index (Phi) is 3.23. The molecule has 0 amide bonds. The SMILES string of the molecule is Cc1nc(NS(=O)(=O)c2ccc(C#N)c(C)c2)n[nH]1. The van der Waals surface area contributed by atoms with E-state index in [1.807, 2.05) is 6.07 Å². The van der Waals surface area contributed by atoms with Crippen molar-refractivity contribution in [2.45, 2.75) is 18.7 Å². The summed E-state index contributed by atoms with van der Waals surface area (Å²) in [5.41, 5.74) is 1.03. The molecular formula is C11H11N5O2S. The Labute approximate surface area is 110 Å². The van der Waals surface area contributed by atoms with Gasteiger partial charge < -0.3 is 0 Å². The lowest BCUT2D eigenvalue weighted by atomic mass is 10.1. The summed E-state index contributed by atoms with van der Waals surface area (Å²) in [6.07, 6.45) is 0. The number of aromatic amines is 1. The molecular weight excluding hydrogens is 266 g/mol. The van der Waals surface area contributed by atoms with Gasteiger partial charge in [0.1, 0.15) is 5.82 Å². The summed E-state index contributed by atoms with van der Waals surface area (Å²) in [5.74, 6) is 0.494. The fraction of sp³-hybridized carbons (Fsp3) is 0.182. The van der Waals surface area contributed by atoms with Gasteiger partial charge in [0.2, 0.25) is 0 Å². The highest BCUT2D eigenvalue weighted by molar-refractivity contribution is 7.92. The Bertz CT molecular complexity index is 758. The molecule has 1 aromatic carbocycles. The number of nitriles is 1. The molecule has 2 rings (SSSR count). The molecule has 8 heteroatoms. The lowest BCUT2D eigenvalue weighted by Gasteiger charge is -2.06. The minimum atomic E-state index is -3.75. The van der Waals surface area contributed by atoms with Crippen molar-refractivity contribution in [1.82, 2.24) is 15.2 Å². The van der Waals surface area contributed by atoms with Crippen LogP contribution in [0.3, 0.4) is 0 Å². The molecule has 0 unspecified atom stereocenters. The molecule has 0 bridgehead atoms. The predicted molar refractivity (Wildman–Crippen MR) is 67.8 cm³/mol. The van der Waals surface area contributed by atoms with E-state index in [0.717, 1.165) is 0 Å². The van der Waals surface area contributed by atoms with E-state index in [4.69, 9.17) is 5.26 Å². The number of nitrogens with zero attached hydrogens (tertiary/aromatic N) is 3. The molecule has 0 aliphatic rings. The maximum Gasteiger partial charge on any atom is 0.264 e. The van der Waals surface area contributed by atoms with Crippen molar-refractivity contribution in [3.05, 3.63) is 35.2 Å². The van der Waals surface area contributed by atoms with Crippen molar-refractivity contribution in [3.63, 3.8) is 0 Å². The summed E-state index contributed by atoms with van der Waals surface area (Å²) >= 11 is 0. The van der Waals surface area contributed by atoms with Gasteiger partial charge in [-0.05, 0) is 37.6 Å². The first-order valence-corrected chi connectivity index (χ1v) is 6.83. The van der Waals surface area contributed by atoms with E-state index in [9.17, 15) is 8.42 Å². The molecule has 0 radical (unpaired) electrons. The first kappa shape index (κ1) is 13.0. The van der Waals surface area contributed by atoms with Gasteiger partial charge in [0.25, 0.3) is 16.0 Å². The molecule has 98 valence electrons. The Morgan fingerprint density at radius 3 is 2.63 bits per heavy atom. The zero-order valence-corrected chi connectivity index (χ0v) is 11.1. The Morgan fingerprint density at radius 1 is 1.37 bits per heavy atom. The van der Waals surface area contributed by atoms with Crippen LogP contribution in [0, 0.1) is 25.2 Å². The molecule has 2 N–H and O–H groups in total. The van der Waals surface area contributed by atoms with E-state index in [2.05, 4.69) is 19.9 Å². The van der Waals surface area contributed by atoms with Crippen LogP contribution in [0.25, 0.3) is 0 Å². The topological polar surface area (TPSA) is 112 Å². The lowest BCUT2D eigenvalue weighted by Crippen LogP contribution is -2.14. The second kappa shape index (κ2) is 4.70. The van der Waals surface area contributed by atoms with Gasteiger partial charge in [-0.3, -0.25) is 5.10 Å². The maximum atomic E-state index is 12.1. The van der Waals surface area contributed by atoms with Crippen LogP contribution in [0.5, 0.6) is 0 Å². The fourth-order valence-corrected chi connectivity index (χ4v) is 2.52. The zero-order chi connectivity index (χ0) is 14.0. The third kappa shape index (κ3) is 2.71. The van der Waals surface area contributed by atoms with Crippen LogP contribution < -0.4 is 4.72 Å². The summed E-state index contributed by atoms with van der Waals surface area (Å²) in [4.78, 5) is 3.93. The smallest absolute Gasteiger partial charge is 0.261 e. The van der Waals surface area contributed by atoms with E-state index >= 15 is 0 Å². The van der Waals surface area contributed by atoms with Gasteiger partial charge in [-0.25, -0.2) is 13.1 Å². The van der Waals surface area contributed by atoms with Crippen LogP contribution in [0.4, 0.5) is 5.95 Å². The molecule has 2 aromatic rings. The van der Waals surface area contributed by atoms with Crippen molar-refractivity contribution in [3.8, 4) is 6.07 Å². The molecule has 0 aliphatic heterocycles. The van der Waals surface area contributed by atoms with Crippen molar-refractivity contribution >= 4 is 16.0 Å². The molecule has 0 aliphatic carbocycles. The number of nitrogens with one attached hydrogen (secondary N) is 2. The van der Waals surface area contributed by atoms with Gasteiger partial charge in [-0.2, -0.15) is 10.2 Å². The fourth-order valence-electron chi connectivity index (χ4n) is 1.50. The molecule has 7 nitrogen and oxygen atoms in total. The van der Waals surface area contributed by atoms with E-state index in [-0.39, 0.29) is 10.8 Å². The molecule has 19 heavy (non-hydrogen) atoms. The van der Waals surface area contributed by atoms with Crippen LogP contribution in [-0.2, 0) is 10.0 Å². The van der Waals surface area contributed by atoms with E-state index < -0.39 is 10.0 Å². The monoisotopic (exact) mass is 277 g/mol. The van der Waals surface area contributed by atoms with Gasteiger partial charge in [0.05, 0.1) is 16.5 Å². The Hall–Kier alpha value is -2.40. The first-order valence-electron chi connectivity index (χ1n) is 5.35. The average Bonchev–Trinajstić information content (AvgIpc) is 2.73. The second-order valence-electron chi connectivity index (χ2n) is 3.94. The number of benzene rings is 1. The summed E-state index contributed by atoms with van der Waals surface area (Å²) < 4.78 is 26.4. The third-order valence-corrected chi connectivity index (χ3v) is 3.78. The maximum absolute atomic E-state index is 12.1. The van der Waals surface area contributed by atoms with Crippen molar-refractivity contribution in [2.75, 3.05) is 4.72 Å². The van der Waals surface area contributed by atoms with E-state index in [1.54, 1.807) is 13.8 Å². The quantitative estimate of drug-likeness (QED) is 0.872. The standard InChI is InChI=1S/C11H11N5O2S/c1-7-5-10(4-3-9(7)6-12)19(17,18)16-11-13-8(2)14-15-11/h3-5H,1-2H3,(H2,13,14,15,16). The van der Waals surface area contributed by atoms with E-state index in [0.29, 0.717) is 17.0 Å². The summed E-state index contributed by atoms with van der Waals surface area (Å²) in [6.45, 7) is 3.34. The molecule has 0 fully saturated rings. The van der Waals surface area contributed by atoms with Gasteiger partial charge in [0, 0.05) is 0 Å². The van der Waals surface area contributed by atoms with Gasteiger partial charge in [-0.1, -0.05) is 0 Å². The van der Waals surface area contributed by atoms with Crippen molar-refractivity contribution < 1.29 is 8.42 Å². The second-order valence-corrected chi connectivity index (χ2v) is 5.62. The van der Waals surface area contributed by atoms with Gasteiger partial charge >= 0.3 is 0 Å². The van der Waals surface area contributed by atoms with Gasteiger partial charge in [-0.15, -0.1) is 5.10 Å². The normalized spacial score (nSPS) is 11.0. The average molecular weight is 277 g/mol. The number of rotatable bonds is 3.